The second-order valence-electron chi connectivity index (χ2n) is 6.44. The fourth-order valence-corrected chi connectivity index (χ4v) is 5.29. The highest BCUT2D eigenvalue weighted by molar-refractivity contribution is 7.93. The number of fused-ring (bicyclic) bond motifs is 1. The predicted molar refractivity (Wildman–Crippen MR) is 83.7 cm³/mol. The van der Waals surface area contributed by atoms with Crippen LogP contribution in [0.4, 0.5) is 5.69 Å². The molecule has 2 N–H and O–H groups in total. The van der Waals surface area contributed by atoms with E-state index in [1.54, 1.807) is 0 Å². The number of hydrogen-bond acceptors (Lipinski definition) is 3. The number of anilines is 1. The molecule has 2 saturated carbocycles. The minimum atomic E-state index is -3.20. The molecule has 1 saturated heterocycles. The Balaban J connectivity index is 1.63. The number of sulfonamides is 1. The van der Waals surface area contributed by atoms with Gasteiger partial charge in [-0.2, -0.15) is 0 Å². The highest BCUT2D eigenvalue weighted by atomic mass is 32.2. The summed E-state index contributed by atoms with van der Waals surface area (Å²) in [5.41, 5.74) is 1.90. The van der Waals surface area contributed by atoms with Crippen LogP contribution in [-0.2, 0) is 15.4 Å². The minimum Gasteiger partial charge on any atom is -0.316 e. The molecule has 2 atom stereocenters. The molecule has 0 bridgehead atoms. The summed E-state index contributed by atoms with van der Waals surface area (Å²) in [6.45, 7) is 6.07. The van der Waals surface area contributed by atoms with Gasteiger partial charge in [0.1, 0.15) is 0 Å². The Morgan fingerprint density at radius 1 is 1.29 bits per heavy atom. The van der Waals surface area contributed by atoms with Crippen LogP contribution in [-0.4, -0.2) is 26.8 Å². The molecule has 3 fully saturated rings. The Labute approximate surface area is 125 Å². The lowest BCUT2D eigenvalue weighted by molar-refractivity contribution is 0.599. The van der Waals surface area contributed by atoms with E-state index in [9.17, 15) is 8.42 Å². The normalized spacial score (nSPS) is 34.3. The molecule has 112 valence electrons. The molecule has 1 aliphatic heterocycles. The molecule has 0 amide bonds. The molecular weight excluding hydrogens is 284 g/mol. The van der Waals surface area contributed by atoms with Crippen LogP contribution in [0.1, 0.15) is 18.4 Å². The summed E-state index contributed by atoms with van der Waals surface area (Å²) >= 11 is 0. The maximum Gasteiger partial charge on any atom is 0.235 e. The van der Waals surface area contributed by atoms with E-state index in [4.69, 9.17) is 0 Å². The number of allylic oxidation sites excluding steroid dienone is 1. The molecular formula is C16H20N2O2S. The smallest absolute Gasteiger partial charge is 0.235 e. The van der Waals surface area contributed by atoms with E-state index in [0.29, 0.717) is 17.5 Å². The highest BCUT2D eigenvalue weighted by Crippen LogP contribution is 2.62. The van der Waals surface area contributed by atoms with E-state index in [1.165, 1.54) is 5.56 Å². The van der Waals surface area contributed by atoms with Gasteiger partial charge in [0.15, 0.2) is 0 Å². The lowest BCUT2D eigenvalue weighted by atomic mass is 9.90. The molecule has 1 aromatic rings. The van der Waals surface area contributed by atoms with Gasteiger partial charge in [0, 0.05) is 11.1 Å². The van der Waals surface area contributed by atoms with E-state index >= 15 is 0 Å². The zero-order valence-corrected chi connectivity index (χ0v) is 12.7. The molecule has 1 heterocycles. The Bertz CT molecular complexity index is 684. The summed E-state index contributed by atoms with van der Waals surface area (Å²) in [5, 5.41) is 3.20. The Morgan fingerprint density at radius 3 is 2.62 bits per heavy atom. The number of nitrogens with one attached hydrogen (secondary N) is 2. The van der Waals surface area contributed by atoms with Gasteiger partial charge >= 0.3 is 0 Å². The number of rotatable bonds is 5. The van der Waals surface area contributed by atoms with Crippen LogP contribution in [0, 0.1) is 11.8 Å². The highest BCUT2D eigenvalue weighted by Gasteiger charge is 2.65. The third kappa shape index (κ3) is 1.94. The van der Waals surface area contributed by atoms with Gasteiger partial charge in [-0.05, 0) is 55.5 Å². The monoisotopic (exact) mass is 304 g/mol. The van der Waals surface area contributed by atoms with Crippen molar-refractivity contribution in [1.82, 2.24) is 5.32 Å². The first-order chi connectivity index (χ1) is 10.1. The Kier molecular flexibility index (Phi) is 2.75. The lowest BCUT2D eigenvalue weighted by Crippen LogP contribution is -2.24. The maximum atomic E-state index is 12.1. The first-order valence-corrected chi connectivity index (χ1v) is 9.09. The van der Waals surface area contributed by atoms with Crippen molar-refractivity contribution in [2.24, 2.45) is 11.8 Å². The van der Waals surface area contributed by atoms with E-state index in [1.807, 2.05) is 18.2 Å². The molecule has 4 rings (SSSR count). The van der Waals surface area contributed by atoms with Crippen molar-refractivity contribution in [3.05, 3.63) is 42.5 Å². The second kappa shape index (κ2) is 4.34. The Hall–Kier alpha value is -1.33. The minimum absolute atomic E-state index is 0.0340. The third-order valence-corrected chi connectivity index (χ3v) is 7.13. The van der Waals surface area contributed by atoms with Gasteiger partial charge in [-0.1, -0.05) is 18.2 Å². The van der Waals surface area contributed by atoms with Gasteiger partial charge in [0.25, 0.3) is 0 Å². The lowest BCUT2D eigenvalue weighted by Gasteiger charge is -2.19. The SMILES string of the molecule is C=CC1(c2cccc(NS(=O)(=O)C3CC3)c2)C2CNCC21. The van der Waals surface area contributed by atoms with E-state index in [0.717, 1.165) is 25.9 Å². The van der Waals surface area contributed by atoms with Crippen LogP contribution >= 0.6 is 0 Å². The van der Waals surface area contributed by atoms with Crippen LogP contribution < -0.4 is 10.0 Å². The topological polar surface area (TPSA) is 58.2 Å². The fraction of sp³-hybridized carbons (Fsp3) is 0.500. The number of benzene rings is 1. The van der Waals surface area contributed by atoms with Crippen molar-refractivity contribution in [3.63, 3.8) is 0 Å². The van der Waals surface area contributed by atoms with Gasteiger partial charge < -0.3 is 5.32 Å². The van der Waals surface area contributed by atoms with Crippen molar-refractivity contribution >= 4 is 15.7 Å². The standard InChI is InChI=1S/C16H20N2O2S/c1-2-16(14-9-17-10-15(14)16)11-4-3-5-12(8-11)18-21(19,20)13-6-7-13/h2-5,8,13-15,17-18H,1,6-7,9-10H2. The number of hydrogen-bond donors (Lipinski definition) is 2. The first-order valence-electron chi connectivity index (χ1n) is 7.54. The zero-order valence-electron chi connectivity index (χ0n) is 11.9. The van der Waals surface area contributed by atoms with Crippen molar-refractivity contribution in [1.29, 1.82) is 0 Å². The molecule has 1 aromatic carbocycles. The van der Waals surface area contributed by atoms with Gasteiger partial charge in [-0.3, -0.25) is 4.72 Å². The van der Waals surface area contributed by atoms with Crippen molar-refractivity contribution in [3.8, 4) is 0 Å². The average Bonchev–Trinajstić information content (AvgIpc) is 3.36. The largest absolute Gasteiger partial charge is 0.316 e. The van der Waals surface area contributed by atoms with Gasteiger partial charge in [0.2, 0.25) is 10.0 Å². The molecule has 0 radical (unpaired) electrons. The second-order valence-corrected chi connectivity index (χ2v) is 8.40. The molecule has 2 aliphatic carbocycles. The summed E-state index contributed by atoms with van der Waals surface area (Å²) in [5.74, 6) is 1.20. The van der Waals surface area contributed by atoms with E-state index in [2.05, 4.69) is 28.8 Å². The first kappa shape index (κ1) is 13.3. The van der Waals surface area contributed by atoms with Crippen LogP contribution in [0.5, 0.6) is 0 Å². The maximum absolute atomic E-state index is 12.1. The van der Waals surface area contributed by atoms with Crippen LogP contribution in [0.2, 0.25) is 0 Å². The predicted octanol–water partition coefficient (Wildman–Crippen LogP) is 1.86. The zero-order chi connectivity index (χ0) is 14.7. The van der Waals surface area contributed by atoms with Crippen LogP contribution in [0.15, 0.2) is 36.9 Å². The average molecular weight is 304 g/mol. The summed E-state index contributed by atoms with van der Waals surface area (Å²) in [7, 11) is -3.20. The Morgan fingerprint density at radius 2 is 2.00 bits per heavy atom. The van der Waals surface area contributed by atoms with Gasteiger partial charge in [0.05, 0.1) is 5.25 Å². The summed E-state index contributed by atoms with van der Waals surface area (Å²) < 4.78 is 26.9. The summed E-state index contributed by atoms with van der Waals surface area (Å²) in [4.78, 5) is 0. The van der Waals surface area contributed by atoms with Crippen LogP contribution in [0.3, 0.4) is 0 Å². The molecule has 0 aromatic heterocycles. The van der Waals surface area contributed by atoms with Crippen molar-refractivity contribution in [2.45, 2.75) is 23.5 Å². The molecule has 0 spiro atoms. The molecule has 5 heteroatoms. The van der Waals surface area contributed by atoms with Crippen molar-refractivity contribution in [2.75, 3.05) is 17.8 Å². The van der Waals surface area contributed by atoms with Crippen molar-refractivity contribution < 1.29 is 8.42 Å². The summed E-state index contributed by atoms with van der Waals surface area (Å²) in [6.07, 6.45) is 3.61. The van der Waals surface area contributed by atoms with Crippen LogP contribution in [0.25, 0.3) is 0 Å². The quantitative estimate of drug-likeness (QED) is 0.817. The van der Waals surface area contributed by atoms with Gasteiger partial charge in [-0.25, -0.2) is 8.42 Å². The van der Waals surface area contributed by atoms with E-state index < -0.39 is 10.0 Å². The van der Waals surface area contributed by atoms with Gasteiger partial charge in [-0.15, -0.1) is 6.58 Å². The molecule has 21 heavy (non-hydrogen) atoms. The molecule has 4 nitrogen and oxygen atoms in total. The summed E-state index contributed by atoms with van der Waals surface area (Å²) in [6, 6.07) is 7.85. The molecule has 3 aliphatic rings. The fourth-order valence-electron chi connectivity index (χ4n) is 3.91. The third-order valence-electron chi connectivity index (χ3n) is 5.26. The van der Waals surface area contributed by atoms with E-state index in [-0.39, 0.29) is 10.7 Å². The molecule has 2 unspecified atom stereocenters. The number of piperidine rings is 1.